The lowest BCUT2D eigenvalue weighted by Gasteiger charge is -2.14. The highest BCUT2D eigenvalue weighted by Crippen LogP contribution is 2.34. The molecule has 0 aliphatic rings. The number of hydrogen-bond donors (Lipinski definition) is 0. The summed E-state index contributed by atoms with van der Waals surface area (Å²) in [4.78, 5) is 12.5. The van der Waals surface area contributed by atoms with E-state index in [9.17, 15) is 18.0 Å². The molecule has 1 atom stereocenters. The number of halogens is 4. The van der Waals surface area contributed by atoms with Gasteiger partial charge in [-0.1, -0.05) is 71.9 Å². The molecule has 0 spiro atoms. The van der Waals surface area contributed by atoms with Gasteiger partial charge in [0.15, 0.2) is 11.0 Å². The van der Waals surface area contributed by atoms with Crippen LogP contribution in [0, 0.1) is 0 Å². The Morgan fingerprint density at radius 1 is 1.03 bits per heavy atom. The highest BCUT2D eigenvalue weighted by Gasteiger charge is 2.31. The number of hydrogen-bond acceptors (Lipinski definition) is 5. The van der Waals surface area contributed by atoms with Crippen LogP contribution in [0.1, 0.15) is 24.2 Å². The van der Waals surface area contributed by atoms with E-state index in [-0.39, 0.29) is 16.6 Å². The van der Waals surface area contributed by atoms with Gasteiger partial charge >= 0.3 is 12.1 Å². The number of thioether (sulfide) groups is 1. The quantitative estimate of drug-likeness (QED) is 0.195. The highest BCUT2D eigenvalue weighted by atomic mass is 35.5. The average molecular weight is 518 g/mol. The summed E-state index contributed by atoms with van der Waals surface area (Å²) in [6, 6.07) is 20.9. The van der Waals surface area contributed by atoms with Gasteiger partial charge in [0.05, 0.1) is 17.0 Å². The first-order valence-electron chi connectivity index (χ1n) is 10.5. The molecule has 0 radical (unpaired) electrons. The first-order valence-corrected chi connectivity index (χ1v) is 11.8. The van der Waals surface area contributed by atoms with Gasteiger partial charge in [0.25, 0.3) is 0 Å². The fourth-order valence-electron chi connectivity index (χ4n) is 3.38. The molecule has 1 unspecified atom stereocenters. The molecule has 0 amide bonds. The van der Waals surface area contributed by atoms with Gasteiger partial charge in [-0.15, -0.1) is 10.2 Å². The third-order valence-corrected chi connectivity index (χ3v) is 6.18. The monoisotopic (exact) mass is 517 g/mol. The maximum atomic E-state index is 13.4. The number of ether oxygens (including phenoxy) is 1. The number of alkyl halides is 3. The van der Waals surface area contributed by atoms with Crippen molar-refractivity contribution in [2.75, 3.05) is 5.75 Å². The number of rotatable bonds is 7. The minimum atomic E-state index is -4.52. The Morgan fingerprint density at radius 2 is 1.77 bits per heavy atom. The van der Waals surface area contributed by atoms with Crippen molar-refractivity contribution in [3.63, 3.8) is 0 Å². The van der Waals surface area contributed by atoms with Crippen LogP contribution in [0.25, 0.3) is 17.1 Å². The van der Waals surface area contributed by atoms with Crippen LogP contribution in [0.15, 0.2) is 84.0 Å². The SMILES string of the molecule is CC(OC(=O)CSc1nnc(-c2cccc(Cl)c2)n1-c1cccc(C(F)(F)F)c1)c1ccccc1. The molecule has 1 heterocycles. The van der Waals surface area contributed by atoms with Crippen molar-refractivity contribution >= 4 is 29.3 Å². The smallest absolute Gasteiger partial charge is 0.416 e. The predicted molar refractivity (Wildman–Crippen MR) is 128 cm³/mol. The molecular weight excluding hydrogens is 499 g/mol. The Kier molecular flexibility index (Phi) is 7.47. The molecule has 0 aliphatic heterocycles. The normalized spacial score (nSPS) is 12.4. The van der Waals surface area contributed by atoms with Crippen LogP contribution in [0.3, 0.4) is 0 Å². The van der Waals surface area contributed by atoms with Crippen molar-refractivity contribution in [2.45, 2.75) is 24.4 Å². The minimum absolute atomic E-state index is 0.107. The number of benzene rings is 3. The molecule has 0 N–H and O–H groups in total. The van der Waals surface area contributed by atoms with Gasteiger partial charge < -0.3 is 4.74 Å². The summed E-state index contributed by atoms with van der Waals surface area (Å²) in [5, 5.41) is 9.00. The largest absolute Gasteiger partial charge is 0.457 e. The van der Waals surface area contributed by atoms with Crippen molar-refractivity contribution < 1.29 is 22.7 Å². The van der Waals surface area contributed by atoms with E-state index in [2.05, 4.69) is 10.2 Å². The summed E-state index contributed by atoms with van der Waals surface area (Å²) in [6.07, 6.45) is -4.97. The Bertz CT molecular complexity index is 1330. The number of aromatic nitrogens is 3. The van der Waals surface area contributed by atoms with E-state index in [1.807, 2.05) is 30.3 Å². The summed E-state index contributed by atoms with van der Waals surface area (Å²) in [7, 11) is 0. The maximum absolute atomic E-state index is 13.4. The van der Waals surface area contributed by atoms with Gasteiger partial charge in [0, 0.05) is 10.6 Å². The summed E-state index contributed by atoms with van der Waals surface area (Å²) in [5.41, 5.74) is 0.803. The molecule has 0 bridgehead atoms. The van der Waals surface area contributed by atoms with Crippen molar-refractivity contribution in [2.24, 2.45) is 0 Å². The summed E-state index contributed by atoms with van der Waals surface area (Å²) >= 11 is 7.13. The Hall–Kier alpha value is -3.30. The van der Waals surface area contributed by atoms with Crippen molar-refractivity contribution in [3.05, 3.63) is 95.0 Å². The molecule has 10 heteroatoms. The van der Waals surface area contributed by atoms with E-state index in [0.29, 0.717) is 16.4 Å². The summed E-state index contributed by atoms with van der Waals surface area (Å²) in [5.74, 6) is -0.307. The van der Waals surface area contributed by atoms with E-state index in [0.717, 1.165) is 29.5 Å². The molecule has 4 aromatic rings. The molecule has 0 fully saturated rings. The molecule has 1 aromatic heterocycles. The molecule has 35 heavy (non-hydrogen) atoms. The van der Waals surface area contributed by atoms with Crippen LogP contribution in [-0.4, -0.2) is 26.5 Å². The van der Waals surface area contributed by atoms with Crippen LogP contribution < -0.4 is 0 Å². The van der Waals surface area contributed by atoms with E-state index in [1.165, 1.54) is 16.7 Å². The predicted octanol–water partition coefficient (Wildman–Crippen LogP) is 7.00. The van der Waals surface area contributed by atoms with Gasteiger partial charge in [-0.2, -0.15) is 13.2 Å². The topological polar surface area (TPSA) is 57.0 Å². The average Bonchev–Trinajstić information content (AvgIpc) is 3.27. The van der Waals surface area contributed by atoms with Gasteiger partial charge in [-0.3, -0.25) is 9.36 Å². The molecular formula is C25H19ClF3N3O2S. The fourth-order valence-corrected chi connectivity index (χ4v) is 4.30. The van der Waals surface area contributed by atoms with Crippen molar-refractivity contribution in [3.8, 4) is 17.1 Å². The number of carbonyl (C=O) groups excluding carboxylic acids is 1. The van der Waals surface area contributed by atoms with Crippen LogP contribution in [0.4, 0.5) is 13.2 Å². The molecule has 4 rings (SSSR count). The minimum Gasteiger partial charge on any atom is -0.457 e. The zero-order valence-corrected chi connectivity index (χ0v) is 19.9. The zero-order valence-electron chi connectivity index (χ0n) is 18.4. The van der Waals surface area contributed by atoms with Gasteiger partial charge in [0.1, 0.15) is 6.10 Å². The summed E-state index contributed by atoms with van der Waals surface area (Å²) < 4.78 is 47.1. The lowest BCUT2D eigenvalue weighted by atomic mass is 10.1. The van der Waals surface area contributed by atoms with Gasteiger partial charge in [0.2, 0.25) is 0 Å². The fraction of sp³-hybridized carbons (Fsp3) is 0.160. The second-order valence-corrected chi connectivity index (χ2v) is 8.91. The van der Waals surface area contributed by atoms with Gasteiger partial charge in [-0.25, -0.2) is 0 Å². The Morgan fingerprint density at radius 3 is 2.49 bits per heavy atom. The van der Waals surface area contributed by atoms with Crippen LogP contribution in [0.5, 0.6) is 0 Å². The molecule has 180 valence electrons. The Labute approximate surface area is 208 Å². The first kappa shape index (κ1) is 24.8. The first-order chi connectivity index (χ1) is 16.7. The molecule has 0 saturated heterocycles. The summed E-state index contributed by atoms with van der Waals surface area (Å²) in [6.45, 7) is 1.76. The Balaban J connectivity index is 1.63. The second kappa shape index (κ2) is 10.5. The maximum Gasteiger partial charge on any atom is 0.416 e. The molecule has 3 aromatic carbocycles. The number of nitrogens with zero attached hydrogens (tertiary/aromatic N) is 3. The van der Waals surface area contributed by atoms with Crippen LogP contribution in [0.2, 0.25) is 5.02 Å². The van der Waals surface area contributed by atoms with Crippen molar-refractivity contribution in [1.82, 2.24) is 14.8 Å². The zero-order chi connectivity index (χ0) is 25.0. The van der Waals surface area contributed by atoms with Crippen molar-refractivity contribution in [1.29, 1.82) is 0 Å². The van der Waals surface area contributed by atoms with E-state index < -0.39 is 23.8 Å². The number of carbonyl (C=O) groups is 1. The number of esters is 1. The third-order valence-electron chi connectivity index (χ3n) is 5.04. The third kappa shape index (κ3) is 6.04. The van der Waals surface area contributed by atoms with Crippen LogP contribution in [-0.2, 0) is 15.7 Å². The standard InChI is InChI=1S/C25H19ClF3N3O2S/c1-16(17-7-3-2-4-8-17)34-22(33)15-35-24-31-30-23(18-9-5-11-20(26)13-18)32(24)21-12-6-10-19(14-21)25(27,28)29/h2-14,16H,15H2,1H3. The lowest BCUT2D eigenvalue weighted by molar-refractivity contribution is -0.145. The van der Waals surface area contributed by atoms with E-state index in [4.69, 9.17) is 16.3 Å². The molecule has 0 saturated carbocycles. The van der Waals surface area contributed by atoms with Gasteiger partial charge in [-0.05, 0) is 42.8 Å². The van der Waals surface area contributed by atoms with Crippen LogP contribution >= 0.6 is 23.4 Å². The van der Waals surface area contributed by atoms with E-state index >= 15 is 0 Å². The highest BCUT2D eigenvalue weighted by molar-refractivity contribution is 7.99. The second-order valence-electron chi connectivity index (χ2n) is 7.53. The van der Waals surface area contributed by atoms with E-state index in [1.54, 1.807) is 31.2 Å². The lowest BCUT2D eigenvalue weighted by Crippen LogP contribution is -2.12. The molecule has 0 aliphatic carbocycles. The molecule has 5 nitrogen and oxygen atoms in total.